The van der Waals surface area contributed by atoms with Crippen LogP contribution >= 0.6 is 15.9 Å². The molecule has 3 heteroatoms. The Bertz CT molecular complexity index is 278. The van der Waals surface area contributed by atoms with Crippen LogP contribution in [-0.4, -0.2) is 29.2 Å². The second-order valence-electron chi connectivity index (χ2n) is 7.77. The minimum absolute atomic E-state index is 0.392. The van der Waals surface area contributed by atoms with E-state index in [1.54, 1.807) is 0 Å². The first-order valence-corrected chi connectivity index (χ1v) is 12.7. The molecule has 26 heavy (non-hydrogen) atoms. The Morgan fingerprint density at radius 2 is 1.04 bits per heavy atom. The quantitative estimate of drug-likeness (QED) is 0.141. The maximum absolute atomic E-state index is 12.5. The van der Waals surface area contributed by atoms with E-state index in [1.807, 2.05) is 0 Å². The summed E-state index contributed by atoms with van der Waals surface area (Å²) in [6, 6.07) is 0. The van der Waals surface area contributed by atoms with Gasteiger partial charge in [0.25, 0.3) is 0 Å². The zero-order chi connectivity index (χ0) is 19.3. The van der Waals surface area contributed by atoms with Crippen molar-refractivity contribution in [3.63, 3.8) is 0 Å². The second kappa shape index (κ2) is 21.3. The van der Waals surface area contributed by atoms with Gasteiger partial charge in [-0.1, -0.05) is 107 Å². The van der Waals surface area contributed by atoms with Crippen LogP contribution in [0.25, 0.3) is 0 Å². The van der Waals surface area contributed by atoms with Crippen molar-refractivity contribution in [2.75, 3.05) is 18.4 Å². The molecule has 0 bridgehead atoms. The molecule has 0 saturated carbocycles. The van der Waals surface area contributed by atoms with E-state index in [9.17, 15) is 4.79 Å². The molecular weight excluding hydrogens is 386 g/mol. The van der Waals surface area contributed by atoms with Crippen molar-refractivity contribution < 1.29 is 4.79 Å². The zero-order valence-electron chi connectivity index (χ0n) is 17.9. The molecule has 0 rings (SSSR count). The number of nitrogens with zero attached hydrogens (tertiary/aromatic N) is 1. The minimum atomic E-state index is 0.392. The Balaban J connectivity index is 3.95. The summed E-state index contributed by atoms with van der Waals surface area (Å²) in [5.74, 6) is 0.392. The van der Waals surface area contributed by atoms with Gasteiger partial charge in [-0.15, -0.1) is 0 Å². The Labute approximate surface area is 173 Å². The summed E-state index contributed by atoms with van der Waals surface area (Å²) in [7, 11) is 0. The first-order valence-electron chi connectivity index (χ1n) is 11.6. The SMILES string of the molecule is CCCCCCCCCN(CCCCCCCCC)C(=O)CCCCBr. The van der Waals surface area contributed by atoms with E-state index in [0.717, 1.165) is 37.7 Å². The summed E-state index contributed by atoms with van der Waals surface area (Å²) in [5.41, 5.74) is 0. The Morgan fingerprint density at radius 3 is 1.46 bits per heavy atom. The Morgan fingerprint density at radius 1 is 0.615 bits per heavy atom. The van der Waals surface area contributed by atoms with Crippen molar-refractivity contribution in [3.05, 3.63) is 0 Å². The lowest BCUT2D eigenvalue weighted by molar-refractivity contribution is -0.131. The molecule has 0 N–H and O–H groups in total. The predicted molar refractivity (Wildman–Crippen MR) is 120 cm³/mol. The maximum Gasteiger partial charge on any atom is 0.222 e. The molecule has 0 aliphatic carbocycles. The van der Waals surface area contributed by atoms with Gasteiger partial charge in [-0.2, -0.15) is 0 Å². The van der Waals surface area contributed by atoms with E-state index in [2.05, 4.69) is 34.7 Å². The average molecular weight is 433 g/mol. The van der Waals surface area contributed by atoms with Crippen LogP contribution in [0, 0.1) is 0 Å². The van der Waals surface area contributed by atoms with Gasteiger partial charge in [0.15, 0.2) is 0 Å². The molecule has 0 fully saturated rings. The summed E-state index contributed by atoms with van der Waals surface area (Å²) in [6.45, 7) is 6.50. The number of carbonyl (C=O) groups excluding carboxylic acids is 1. The first-order chi connectivity index (χ1) is 12.8. The average Bonchev–Trinajstić information content (AvgIpc) is 2.65. The fourth-order valence-electron chi connectivity index (χ4n) is 3.41. The van der Waals surface area contributed by atoms with Crippen molar-refractivity contribution >= 4 is 21.8 Å². The number of amides is 1. The zero-order valence-corrected chi connectivity index (χ0v) is 19.5. The van der Waals surface area contributed by atoms with Crippen LogP contribution in [-0.2, 0) is 4.79 Å². The highest BCUT2D eigenvalue weighted by Crippen LogP contribution is 2.12. The number of unbranched alkanes of at least 4 members (excludes halogenated alkanes) is 13. The summed E-state index contributed by atoms with van der Waals surface area (Å²) < 4.78 is 0. The summed E-state index contributed by atoms with van der Waals surface area (Å²) in [6.07, 6.45) is 21.3. The van der Waals surface area contributed by atoms with Crippen LogP contribution in [0.15, 0.2) is 0 Å². The van der Waals surface area contributed by atoms with Crippen molar-refractivity contribution in [1.29, 1.82) is 0 Å². The lowest BCUT2D eigenvalue weighted by Crippen LogP contribution is -2.32. The summed E-state index contributed by atoms with van der Waals surface area (Å²) in [4.78, 5) is 14.7. The molecule has 0 aliphatic rings. The van der Waals surface area contributed by atoms with Gasteiger partial charge in [0.1, 0.15) is 0 Å². The standard InChI is InChI=1S/C23H46BrNO/c1-3-5-7-9-11-13-17-21-25(23(26)19-15-16-20-24)22-18-14-12-10-8-6-4-2/h3-22H2,1-2H3. The van der Waals surface area contributed by atoms with Crippen molar-refractivity contribution in [2.45, 2.75) is 123 Å². The molecular formula is C23H46BrNO. The van der Waals surface area contributed by atoms with E-state index < -0.39 is 0 Å². The molecule has 2 nitrogen and oxygen atoms in total. The fraction of sp³-hybridized carbons (Fsp3) is 0.957. The molecule has 0 aliphatic heterocycles. The number of carbonyl (C=O) groups is 1. The first kappa shape index (κ1) is 26.0. The highest BCUT2D eigenvalue weighted by atomic mass is 79.9. The lowest BCUT2D eigenvalue weighted by atomic mass is 10.1. The van der Waals surface area contributed by atoms with Crippen molar-refractivity contribution in [3.8, 4) is 0 Å². The van der Waals surface area contributed by atoms with E-state index >= 15 is 0 Å². The molecule has 0 aromatic rings. The van der Waals surface area contributed by atoms with Crippen molar-refractivity contribution in [2.24, 2.45) is 0 Å². The molecule has 156 valence electrons. The molecule has 0 spiro atoms. The topological polar surface area (TPSA) is 20.3 Å². The van der Waals surface area contributed by atoms with Gasteiger partial charge < -0.3 is 4.90 Å². The molecule has 0 heterocycles. The molecule has 0 radical (unpaired) electrons. The Kier molecular flexibility index (Phi) is 21.2. The molecule has 1 amide bonds. The number of hydrogen-bond donors (Lipinski definition) is 0. The maximum atomic E-state index is 12.5. The number of hydrogen-bond acceptors (Lipinski definition) is 1. The molecule has 0 aromatic heterocycles. The van der Waals surface area contributed by atoms with Gasteiger partial charge in [-0.3, -0.25) is 4.79 Å². The van der Waals surface area contributed by atoms with Crippen molar-refractivity contribution in [1.82, 2.24) is 4.90 Å². The van der Waals surface area contributed by atoms with Crippen LogP contribution in [0.5, 0.6) is 0 Å². The largest absolute Gasteiger partial charge is 0.343 e. The van der Waals surface area contributed by atoms with Gasteiger partial charge in [0, 0.05) is 24.8 Å². The van der Waals surface area contributed by atoms with E-state index in [-0.39, 0.29) is 0 Å². The third-order valence-corrected chi connectivity index (χ3v) is 5.75. The lowest BCUT2D eigenvalue weighted by Gasteiger charge is -2.23. The Hall–Kier alpha value is -0.0500. The van der Waals surface area contributed by atoms with Crippen LogP contribution in [0.1, 0.15) is 123 Å². The fourth-order valence-corrected chi connectivity index (χ4v) is 3.81. The van der Waals surface area contributed by atoms with Crippen LogP contribution in [0.3, 0.4) is 0 Å². The minimum Gasteiger partial charge on any atom is -0.343 e. The van der Waals surface area contributed by atoms with E-state index in [1.165, 1.54) is 89.9 Å². The van der Waals surface area contributed by atoms with Gasteiger partial charge in [-0.05, 0) is 25.7 Å². The van der Waals surface area contributed by atoms with Gasteiger partial charge >= 0.3 is 0 Å². The smallest absolute Gasteiger partial charge is 0.222 e. The highest BCUT2D eigenvalue weighted by molar-refractivity contribution is 9.09. The van der Waals surface area contributed by atoms with Crippen LogP contribution in [0.2, 0.25) is 0 Å². The van der Waals surface area contributed by atoms with E-state index in [0.29, 0.717) is 5.91 Å². The highest BCUT2D eigenvalue weighted by Gasteiger charge is 2.12. The molecule has 0 atom stereocenters. The molecule has 0 unspecified atom stereocenters. The number of rotatable bonds is 20. The summed E-state index contributed by atoms with van der Waals surface area (Å²) in [5, 5.41) is 1.01. The van der Waals surface area contributed by atoms with Gasteiger partial charge in [-0.25, -0.2) is 0 Å². The monoisotopic (exact) mass is 431 g/mol. The van der Waals surface area contributed by atoms with E-state index in [4.69, 9.17) is 0 Å². The normalized spacial score (nSPS) is 11.0. The van der Waals surface area contributed by atoms with Gasteiger partial charge in [0.05, 0.1) is 0 Å². The number of halogens is 1. The number of alkyl halides is 1. The second-order valence-corrected chi connectivity index (χ2v) is 8.56. The van der Waals surface area contributed by atoms with Gasteiger partial charge in [0.2, 0.25) is 5.91 Å². The van der Waals surface area contributed by atoms with Crippen LogP contribution < -0.4 is 0 Å². The molecule has 0 saturated heterocycles. The third kappa shape index (κ3) is 17.4. The third-order valence-electron chi connectivity index (χ3n) is 5.19. The summed E-state index contributed by atoms with van der Waals surface area (Å²) >= 11 is 3.47. The molecule has 0 aromatic carbocycles. The predicted octanol–water partition coefficient (Wildman–Crippen LogP) is 7.88. The van der Waals surface area contributed by atoms with Crippen LogP contribution in [0.4, 0.5) is 0 Å².